The Balaban J connectivity index is 2.33. The van der Waals surface area contributed by atoms with Crippen LogP contribution >= 0.6 is 11.6 Å². The molecule has 0 fully saturated rings. The van der Waals surface area contributed by atoms with Crippen LogP contribution in [0.3, 0.4) is 0 Å². The Labute approximate surface area is 135 Å². The highest BCUT2D eigenvalue weighted by Crippen LogP contribution is 2.20. The molecule has 0 bridgehead atoms. The van der Waals surface area contributed by atoms with E-state index in [2.05, 4.69) is 21.7 Å². The Morgan fingerprint density at radius 3 is 2.82 bits per heavy atom. The zero-order valence-electron chi connectivity index (χ0n) is 12.7. The third kappa shape index (κ3) is 3.59. The third-order valence-electron chi connectivity index (χ3n) is 3.52. The first-order valence-corrected chi connectivity index (χ1v) is 8.80. The van der Waals surface area contributed by atoms with Crippen molar-refractivity contribution in [1.82, 2.24) is 10.3 Å². The normalized spacial score (nSPS) is 19.3. The van der Waals surface area contributed by atoms with Gasteiger partial charge in [0.05, 0.1) is 11.4 Å². The highest BCUT2D eigenvalue weighted by Gasteiger charge is 2.26. The molecule has 0 aliphatic carbocycles. The minimum atomic E-state index is -3.84. The molecular formula is C14H19ClN4O2S. The van der Waals surface area contributed by atoms with E-state index >= 15 is 0 Å². The first kappa shape index (κ1) is 16.8. The highest BCUT2D eigenvalue weighted by molar-refractivity contribution is 7.90. The maximum absolute atomic E-state index is 12.4. The summed E-state index contributed by atoms with van der Waals surface area (Å²) in [6.07, 6.45) is 0.948. The summed E-state index contributed by atoms with van der Waals surface area (Å²) in [5.74, 6) is 0.516. The molecule has 0 amide bonds. The fourth-order valence-corrected chi connectivity index (χ4v) is 3.53. The molecule has 2 rings (SSSR count). The molecule has 0 saturated heterocycles. The van der Waals surface area contributed by atoms with Crippen molar-refractivity contribution in [1.29, 1.82) is 0 Å². The molecule has 6 nitrogen and oxygen atoms in total. The van der Waals surface area contributed by atoms with Gasteiger partial charge < -0.3 is 5.32 Å². The number of hydrazone groups is 1. The van der Waals surface area contributed by atoms with Gasteiger partial charge in [0.15, 0.2) is 0 Å². The molecule has 1 atom stereocenters. The fraction of sp³-hybridized carbons (Fsp3) is 0.429. The molecule has 1 N–H and O–H groups in total. The second-order valence-electron chi connectivity index (χ2n) is 5.03. The van der Waals surface area contributed by atoms with Gasteiger partial charge in [-0.3, -0.25) is 0 Å². The molecule has 0 radical (unpaired) electrons. The number of nitrogens with one attached hydrogen (secondary N) is 1. The Morgan fingerprint density at radius 1 is 1.55 bits per heavy atom. The zero-order valence-corrected chi connectivity index (χ0v) is 14.3. The smallest absolute Gasteiger partial charge is 0.285 e. The molecule has 1 aromatic carbocycles. The van der Waals surface area contributed by atoms with E-state index in [1.807, 2.05) is 6.92 Å². The van der Waals surface area contributed by atoms with Gasteiger partial charge in [0, 0.05) is 23.7 Å². The van der Waals surface area contributed by atoms with Gasteiger partial charge in [-0.05, 0) is 31.5 Å². The first-order valence-electron chi connectivity index (χ1n) is 6.98. The Hall–Kier alpha value is -1.60. The lowest BCUT2D eigenvalue weighted by Crippen LogP contribution is -2.36. The van der Waals surface area contributed by atoms with Gasteiger partial charge in [0.25, 0.3) is 10.0 Å². The van der Waals surface area contributed by atoms with Crippen LogP contribution in [0.15, 0.2) is 38.7 Å². The van der Waals surface area contributed by atoms with Crippen molar-refractivity contribution < 1.29 is 8.42 Å². The average molecular weight is 343 g/mol. The highest BCUT2D eigenvalue weighted by atomic mass is 35.5. The van der Waals surface area contributed by atoms with Crippen LogP contribution in [-0.4, -0.2) is 38.7 Å². The molecular weight excluding hydrogens is 324 g/mol. The van der Waals surface area contributed by atoms with Crippen LogP contribution < -0.4 is 5.32 Å². The summed E-state index contributed by atoms with van der Waals surface area (Å²) >= 11 is 5.84. The molecule has 1 aliphatic heterocycles. The predicted molar refractivity (Wildman–Crippen MR) is 88.7 cm³/mol. The minimum absolute atomic E-state index is 0.0553. The van der Waals surface area contributed by atoms with E-state index in [-0.39, 0.29) is 10.9 Å². The fourth-order valence-electron chi connectivity index (χ4n) is 2.23. The topological polar surface area (TPSA) is 74.1 Å². The van der Waals surface area contributed by atoms with Gasteiger partial charge in [-0.1, -0.05) is 24.6 Å². The summed E-state index contributed by atoms with van der Waals surface area (Å²) in [7, 11) is -2.22. The van der Waals surface area contributed by atoms with E-state index in [0.29, 0.717) is 17.5 Å². The molecule has 8 heteroatoms. The van der Waals surface area contributed by atoms with Crippen LogP contribution in [0.5, 0.6) is 0 Å². The minimum Gasteiger partial charge on any atom is -0.357 e. The third-order valence-corrected chi connectivity index (χ3v) is 5.02. The van der Waals surface area contributed by atoms with Gasteiger partial charge in [-0.25, -0.2) is 5.01 Å². The van der Waals surface area contributed by atoms with Crippen LogP contribution in [0.25, 0.3) is 0 Å². The average Bonchev–Trinajstić information content (AvgIpc) is 2.86. The van der Waals surface area contributed by atoms with E-state index in [1.54, 1.807) is 24.2 Å². The first-order chi connectivity index (χ1) is 10.4. The number of sulfonamides is 1. The number of guanidine groups is 1. The van der Waals surface area contributed by atoms with Crippen molar-refractivity contribution in [2.75, 3.05) is 13.6 Å². The number of benzene rings is 1. The lowest BCUT2D eigenvalue weighted by molar-refractivity contribution is 0.428. The van der Waals surface area contributed by atoms with E-state index in [4.69, 9.17) is 11.6 Å². The van der Waals surface area contributed by atoms with Gasteiger partial charge in [0.1, 0.15) is 0 Å². The molecule has 0 spiro atoms. The lowest BCUT2D eigenvalue weighted by atomic mass is 10.0. The van der Waals surface area contributed by atoms with E-state index in [1.165, 1.54) is 12.1 Å². The Morgan fingerprint density at radius 2 is 2.27 bits per heavy atom. The standard InChI is InChI=1S/C14H19ClN4O2S/c1-4-11-9-19(17-10(11)2)14(16-3)18-22(20,21)13-7-5-6-12(15)8-13/h5-8,11H,4,9H2,1-3H3,(H,16,18). The van der Waals surface area contributed by atoms with Crippen LogP contribution in [0.4, 0.5) is 0 Å². The summed E-state index contributed by atoms with van der Waals surface area (Å²) in [5, 5.41) is 9.12. The van der Waals surface area contributed by atoms with Crippen molar-refractivity contribution in [2.24, 2.45) is 15.4 Å². The monoisotopic (exact) mass is 342 g/mol. The van der Waals surface area contributed by atoms with Crippen LogP contribution in [0.2, 0.25) is 5.02 Å². The second kappa shape index (κ2) is 6.66. The van der Waals surface area contributed by atoms with Crippen molar-refractivity contribution in [3.8, 4) is 0 Å². The number of rotatable bonds is 3. The van der Waals surface area contributed by atoms with Crippen LogP contribution in [-0.2, 0) is 10.0 Å². The molecule has 1 aliphatic rings. The summed E-state index contributed by atoms with van der Waals surface area (Å²) in [6.45, 7) is 4.63. The van der Waals surface area contributed by atoms with E-state index in [9.17, 15) is 8.42 Å². The molecule has 1 unspecified atom stereocenters. The van der Waals surface area contributed by atoms with Gasteiger partial charge in [-0.15, -0.1) is 4.40 Å². The summed E-state index contributed by atoms with van der Waals surface area (Å²) in [6, 6.07) is 6.03. The number of hydrogen-bond donors (Lipinski definition) is 1. The largest absolute Gasteiger partial charge is 0.357 e. The maximum atomic E-state index is 12.4. The molecule has 120 valence electrons. The molecule has 0 aromatic heterocycles. The molecule has 1 heterocycles. The van der Waals surface area contributed by atoms with E-state index in [0.717, 1.165) is 12.1 Å². The quantitative estimate of drug-likeness (QED) is 0.675. The number of nitrogens with zero attached hydrogens (tertiary/aromatic N) is 3. The lowest BCUT2D eigenvalue weighted by Gasteiger charge is -2.17. The Bertz CT molecular complexity index is 715. The van der Waals surface area contributed by atoms with Crippen molar-refractivity contribution >= 4 is 33.3 Å². The summed E-state index contributed by atoms with van der Waals surface area (Å²) in [4.78, 5) is 0.0553. The van der Waals surface area contributed by atoms with Crippen molar-refractivity contribution in [3.05, 3.63) is 29.3 Å². The SMILES string of the molecule is CCC1CN(/C(=N/S(=O)(=O)c2cccc(Cl)c2)NC)N=C1C. The predicted octanol–water partition coefficient (Wildman–Crippen LogP) is 2.32. The van der Waals surface area contributed by atoms with Crippen LogP contribution in [0, 0.1) is 5.92 Å². The molecule has 0 saturated carbocycles. The Kier molecular flexibility index (Phi) is 5.08. The van der Waals surface area contributed by atoms with Gasteiger partial charge >= 0.3 is 0 Å². The molecule has 1 aromatic rings. The van der Waals surface area contributed by atoms with Crippen molar-refractivity contribution in [2.45, 2.75) is 25.2 Å². The van der Waals surface area contributed by atoms with Crippen molar-refractivity contribution in [3.63, 3.8) is 0 Å². The summed E-state index contributed by atoms with van der Waals surface area (Å²) in [5.41, 5.74) is 0.977. The summed E-state index contributed by atoms with van der Waals surface area (Å²) < 4.78 is 28.6. The van der Waals surface area contributed by atoms with Crippen LogP contribution in [0.1, 0.15) is 20.3 Å². The number of halogens is 1. The zero-order chi connectivity index (χ0) is 16.3. The molecule has 22 heavy (non-hydrogen) atoms. The number of hydrogen-bond acceptors (Lipinski definition) is 3. The maximum Gasteiger partial charge on any atom is 0.285 e. The van der Waals surface area contributed by atoms with E-state index < -0.39 is 10.0 Å². The van der Waals surface area contributed by atoms with Gasteiger partial charge in [0.2, 0.25) is 5.96 Å². The second-order valence-corrected chi connectivity index (χ2v) is 7.07. The van der Waals surface area contributed by atoms with Gasteiger partial charge in [-0.2, -0.15) is 13.5 Å².